The van der Waals surface area contributed by atoms with E-state index in [0.717, 1.165) is 17.5 Å². The van der Waals surface area contributed by atoms with E-state index >= 15 is 0 Å². The van der Waals surface area contributed by atoms with Crippen LogP contribution >= 0.6 is 0 Å². The van der Waals surface area contributed by atoms with E-state index in [1.807, 2.05) is 24.3 Å². The second-order valence-electron chi connectivity index (χ2n) is 6.17. The first kappa shape index (κ1) is 16.0. The van der Waals surface area contributed by atoms with Crippen molar-refractivity contribution in [3.05, 3.63) is 59.2 Å². The number of hydrogen-bond acceptors (Lipinski definition) is 5. The van der Waals surface area contributed by atoms with Crippen LogP contribution in [0.2, 0.25) is 0 Å². The predicted molar refractivity (Wildman–Crippen MR) is 90.5 cm³/mol. The molecule has 1 saturated heterocycles. The molecule has 0 bridgehead atoms. The zero-order valence-electron chi connectivity index (χ0n) is 13.7. The zero-order valence-corrected chi connectivity index (χ0v) is 13.7. The molecule has 0 spiro atoms. The van der Waals surface area contributed by atoms with Gasteiger partial charge < -0.3 is 14.2 Å². The third kappa shape index (κ3) is 3.21. The number of carbonyl (C=O) groups is 2. The van der Waals surface area contributed by atoms with Crippen LogP contribution in [0.4, 0.5) is 0 Å². The summed E-state index contributed by atoms with van der Waals surface area (Å²) in [5.41, 5.74) is 5.33. The van der Waals surface area contributed by atoms with Gasteiger partial charge in [-0.15, -0.1) is 0 Å². The molecule has 1 aliphatic heterocycles. The Morgan fingerprint density at radius 3 is 2.72 bits per heavy atom. The summed E-state index contributed by atoms with van der Waals surface area (Å²) in [6.07, 6.45) is 0.0794. The van der Waals surface area contributed by atoms with E-state index in [-0.39, 0.29) is 19.0 Å². The van der Waals surface area contributed by atoms with Crippen LogP contribution in [-0.2, 0) is 25.4 Å². The molecule has 1 atom stereocenters. The van der Waals surface area contributed by atoms with Crippen molar-refractivity contribution in [3.8, 4) is 11.1 Å². The summed E-state index contributed by atoms with van der Waals surface area (Å²) in [7, 11) is 0. The molecule has 2 aromatic carbocycles. The summed E-state index contributed by atoms with van der Waals surface area (Å²) in [6, 6.07) is 13.9. The number of hydrogen-bond donors (Lipinski definition) is 0. The lowest BCUT2D eigenvalue weighted by Crippen LogP contribution is -2.37. The Hall–Kier alpha value is -2.50. The van der Waals surface area contributed by atoms with Gasteiger partial charge in [-0.2, -0.15) is 0 Å². The van der Waals surface area contributed by atoms with Crippen molar-refractivity contribution in [2.75, 3.05) is 26.4 Å². The van der Waals surface area contributed by atoms with E-state index in [1.54, 1.807) is 6.07 Å². The quantitative estimate of drug-likeness (QED) is 0.540. The van der Waals surface area contributed by atoms with Crippen LogP contribution in [0.25, 0.3) is 11.1 Å². The molecule has 0 aromatic heterocycles. The van der Waals surface area contributed by atoms with Crippen molar-refractivity contribution in [1.29, 1.82) is 0 Å². The number of benzene rings is 2. The monoisotopic (exact) mass is 338 g/mol. The molecule has 5 nitrogen and oxygen atoms in total. The van der Waals surface area contributed by atoms with Gasteiger partial charge in [0.15, 0.2) is 18.5 Å². The molecule has 2 aliphatic rings. The lowest BCUT2D eigenvalue weighted by molar-refractivity contribution is -0.169. The van der Waals surface area contributed by atoms with Crippen molar-refractivity contribution in [2.45, 2.75) is 12.5 Å². The van der Waals surface area contributed by atoms with Gasteiger partial charge in [-0.3, -0.25) is 4.79 Å². The first-order valence-electron chi connectivity index (χ1n) is 8.33. The molecule has 4 rings (SSSR count). The average molecular weight is 338 g/mol. The average Bonchev–Trinajstić information content (AvgIpc) is 3.04. The normalized spacial score (nSPS) is 18.3. The van der Waals surface area contributed by atoms with Crippen molar-refractivity contribution in [3.63, 3.8) is 0 Å². The molecule has 5 heteroatoms. The second-order valence-corrected chi connectivity index (χ2v) is 6.17. The Kier molecular flexibility index (Phi) is 4.34. The summed E-state index contributed by atoms with van der Waals surface area (Å²) < 4.78 is 15.5. The molecule has 0 N–H and O–H groups in total. The number of Topliss-reactive ketones (excluding diaryl/α,β-unsaturated/α-hetero) is 1. The SMILES string of the molecule is O=C(COC(=O)[C@H]1COCCO1)c1ccc2c(c1)Cc1ccccc1-2. The van der Waals surface area contributed by atoms with Crippen LogP contribution < -0.4 is 0 Å². The molecule has 2 aromatic rings. The summed E-state index contributed by atoms with van der Waals surface area (Å²) in [5.74, 6) is -0.773. The molecule has 0 radical (unpaired) electrons. The van der Waals surface area contributed by atoms with E-state index in [9.17, 15) is 9.59 Å². The van der Waals surface area contributed by atoms with E-state index in [4.69, 9.17) is 14.2 Å². The van der Waals surface area contributed by atoms with Gasteiger partial charge in [0, 0.05) is 5.56 Å². The molecule has 0 amide bonds. The van der Waals surface area contributed by atoms with Gasteiger partial charge in [0.2, 0.25) is 0 Å². The highest BCUT2D eigenvalue weighted by atomic mass is 16.6. The van der Waals surface area contributed by atoms with Gasteiger partial charge in [0.1, 0.15) is 0 Å². The first-order valence-corrected chi connectivity index (χ1v) is 8.33. The van der Waals surface area contributed by atoms with Crippen molar-refractivity contribution in [2.24, 2.45) is 0 Å². The molecular weight excluding hydrogens is 320 g/mol. The van der Waals surface area contributed by atoms with E-state index in [0.29, 0.717) is 18.8 Å². The van der Waals surface area contributed by atoms with Crippen molar-refractivity contribution < 1.29 is 23.8 Å². The Labute approximate surface area is 145 Å². The van der Waals surface area contributed by atoms with Crippen LogP contribution in [0.15, 0.2) is 42.5 Å². The smallest absolute Gasteiger partial charge is 0.338 e. The van der Waals surface area contributed by atoms with Crippen LogP contribution in [0.3, 0.4) is 0 Å². The van der Waals surface area contributed by atoms with Gasteiger partial charge >= 0.3 is 5.97 Å². The lowest BCUT2D eigenvalue weighted by atomic mass is 10.0. The lowest BCUT2D eigenvalue weighted by Gasteiger charge is -2.21. The third-order valence-corrected chi connectivity index (χ3v) is 4.54. The zero-order chi connectivity index (χ0) is 17.2. The summed E-state index contributed by atoms with van der Waals surface area (Å²) >= 11 is 0. The minimum atomic E-state index is -0.740. The topological polar surface area (TPSA) is 61.8 Å². The fraction of sp³-hybridized carbons (Fsp3) is 0.300. The molecule has 1 aliphatic carbocycles. The second kappa shape index (κ2) is 6.78. The first-order chi connectivity index (χ1) is 12.2. The van der Waals surface area contributed by atoms with Crippen LogP contribution in [0.5, 0.6) is 0 Å². The largest absolute Gasteiger partial charge is 0.455 e. The Morgan fingerprint density at radius 2 is 1.88 bits per heavy atom. The maximum atomic E-state index is 12.4. The van der Waals surface area contributed by atoms with Gasteiger partial charge in [0.05, 0.1) is 19.8 Å². The Bertz CT molecular complexity index is 821. The van der Waals surface area contributed by atoms with E-state index in [1.165, 1.54) is 11.1 Å². The minimum Gasteiger partial charge on any atom is -0.455 e. The van der Waals surface area contributed by atoms with Gasteiger partial charge in [-0.05, 0) is 34.7 Å². The maximum Gasteiger partial charge on any atom is 0.338 e. The van der Waals surface area contributed by atoms with Crippen LogP contribution in [0.1, 0.15) is 21.5 Å². The Balaban J connectivity index is 1.42. The van der Waals surface area contributed by atoms with Crippen LogP contribution in [-0.4, -0.2) is 44.3 Å². The van der Waals surface area contributed by atoms with Crippen LogP contribution in [0, 0.1) is 0 Å². The third-order valence-electron chi connectivity index (χ3n) is 4.54. The maximum absolute atomic E-state index is 12.4. The molecular formula is C20H18O5. The van der Waals surface area contributed by atoms with Crippen molar-refractivity contribution >= 4 is 11.8 Å². The van der Waals surface area contributed by atoms with Gasteiger partial charge in [-0.25, -0.2) is 4.79 Å². The summed E-state index contributed by atoms with van der Waals surface area (Å²) in [4.78, 5) is 24.2. The fourth-order valence-electron chi connectivity index (χ4n) is 3.26. The molecule has 128 valence electrons. The fourth-order valence-corrected chi connectivity index (χ4v) is 3.26. The predicted octanol–water partition coefficient (Wildman–Crippen LogP) is 2.40. The molecule has 0 unspecified atom stereocenters. The van der Waals surface area contributed by atoms with E-state index < -0.39 is 12.1 Å². The standard InChI is InChI=1S/C20H18O5/c21-18(11-25-20(22)19-12-23-7-8-24-19)14-5-6-17-15(10-14)9-13-3-1-2-4-16(13)17/h1-6,10,19H,7-9,11-12H2/t19-/m1/s1. The number of rotatable bonds is 4. The number of ketones is 1. The molecule has 1 heterocycles. The van der Waals surface area contributed by atoms with Gasteiger partial charge in [-0.1, -0.05) is 36.4 Å². The van der Waals surface area contributed by atoms with Gasteiger partial charge in [0.25, 0.3) is 0 Å². The summed E-state index contributed by atoms with van der Waals surface area (Å²) in [5, 5.41) is 0. The highest BCUT2D eigenvalue weighted by molar-refractivity contribution is 5.99. The highest BCUT2D eigenvalue weighted by Gasteiger charge is 2.25. The number of ether oxygens (including phenoxy) is 3. The summed E-state index contributed by atoms with van der Waals surface area (Å²) in [6.45, 7) is 0.716. The number of carbonyl (C=O) groups excluding carboxylic acids is 2. The minimum absolute atomic E-state index is 0.171. The van der Waals surface area contributed by atoms with Crippen molar-refractivity contribution in [1.82, 2.24) is 0 Å². The number of esters is 1. The molecule has 1 fully saturated rings. The Morgan fingerprint density at radius 1 is 1.04 bits per heavy atom. The number of fused-ring (bicyclic) bond motifs is 3. The molecule has 25 heavy (non-hydrogen) atoms. The molecule has 0 saturated carbocycles. The highest BCUT2D eigenvalue weighted by Crippen LogP contribution is 2.36. The van der Waals surface area contributed by atoms with E-state index in [2.05, 4.69) is 12.1 Å².